The number of nitrogens with one attached hydrogen (secondary N) is 2. The molecule has 0 heterocycles. The number of anilines is 1. The highest BCUT2D eigenvalue weighted by atomic mass is 16.5. The standard InChI is InChI=1S/C18H26N2O2/c1-2-22-18(21)17(19)15-12-8-3-4-9-13-16(15)20-14-10-6-5-7-11-14/h5-7,10-11,15-16,19-20H,2-4,8-9,12-13H2,1H3. The maximum atomic E-state index is 12.0. The molecular weight excluding hydrogens is 276 g/mol. The first-order valence-electron chi connectivity index (χ1n) is 8.29. The van der Waals surface area contributed by atoms with E-state index in [1.54, 1.807) is 6.92 Å². The summed E-state index contributed by atoms with van der Waals surface area (Å²) in [6, 6.07) is 10.2. The van der Waals surface area contributed by atoms with E-state index >= 15 is 0 Å². The summed E-state index contributed by atoms with van der Waals surface area (Å²) in [5, 5.41) is 11.8. The third-order valence-corrected chi connectivity index (χ3v) is 4.26. The van der Waals surface area contributed by atoms with Crippen LogP contribution in [-0.4, -0.2) is 24.3 Å². The number of para-hydroxylation sites is 1. The van der Waals surface area contributed by atoms with Crippen LogP contribution in [0.25, 0.3) is 0 Å². The number of hydrogen-bond acceptors (Lipinski definition) is 4. The van der Waals surface area contributed by atoms with Gasteiger partial charge in [0.1, 0.15) is 5.71 Å². The number of carbonyl (C=O) groups excluding carboxylic acids is 1. The molecule has 2 rings (SSSR count). The van der Waals surface area contributed by atoms with Crippen LogP contribution in [0.3, 0.4) is 0 Å². The van der Waals surface area contributed by atoms with Gasteiger partial charge in [-0.1, -0.05) is 43.9 Å². The molecule has 120 valence electrons. The van der Waals surface area contributed by atoms with E-state index in [2.05, 4.69) is 5.32 Å². The highest BCUT2D eigenvalue weighted by molar-refractivity contribution is 6.36. The zero-order chi connectivity index (χ0) is 15.8. The van der Waals surface area contributed by atoms with Crippen LogP contribution in [0.1, 0.15) is 45.4 Å². The summed E-state index contributed by atoms with van der Waals surface area (Å²) in [5.41, 5.74) is 1.17. The molecule has 1 aliphatic carbocycles. The van der Waals surface area contributed by atoms with Crippen LogP contribution < -0.4 is 5.32 Å². The molecule has 1 aliphatic rings. The highest BCUT2D eigenvalue weighted by Crippen LogP contribution is 2.27. The lowest BCUT2D eigenvalue weighted by Gasteiger charge is -2.30. The van der Waals surface area contributed by atoms with Gasteiger partial charge < -0.3 is 10.1 Å². The average molecular weight is 302 g/mol. The van der Waals surface area contributed by atoms with Gasteiger partial charge in [-0.25, -0.2) is 4.79 Å². The first-order chi connectivity index (χ1) is 10.7. The van der Waals surface area contributed by atoms with E-state index in [1.807, 2.05) is 30.3 Å². The van der Waals surface area contributed by atoms with Crippen molar-refractivity contribution >= 4 is 17.4 Å². The van der Waals surface area contributed by atoms with E-state index in [0.717, 1.165) is 31.4 Å². The van der Waals surface area contributed by atoms with Crippen LogP contribution in [0.2, 0.25) is 0 Å². The third-order valence-electron chi connectivity index (χ3n) is 4.26. The molecule has 0 saturated heterocycles. The minimum Gasteiger partial charge on any atom is -0.462 e. The smallest absolute Gasteiger partial charge is 0.352 e. The van der Waals surface area contributed by atoms with Crippen molar-refractivity contribution in [3.05, 3.63) is 30.3 Å². The molecule has 0 aromatic heterocycles. The Labute approximate surface area is 132 Å². The fourth-order valence-electron chi connectivity index (χ4n) is 3.11. The Kier molecular flexibility index (Phi) is 6.44. The number of benzene rings is 1. The van der Waals surface area contributed by atoms with E-state index in [0.29, 0.717) is 6.61 Å². The van der Waals surface area contributed by atoms with Gasteiger partial charge in [0, 0.05) is 17.6 Å². The van der Waals surface area contributed by atoms with Crippen molar-refractivity contribution in [1.29, 1.82) is 5.41 Å². The van der Waals surface area contributed by atoms with Crippen LogP contribution in [0.4, 0.5) is 5.69 Å². The van der Waals surface area contributed by atoms with Crippen LogP contribution in [0, 0.1) is 11.3 Å². The lowest BCUT2D eigenvalue weighted by atomic mass is 9.83. The van der Waals surface area contributed by atoms with Gasteiger partial charge in [0.2, 0.25) is 0 Å². The lowest BCUT2D eigenvalue weighted by Crippen LogP contribution is -2.39. The minimum absolute atomic E-state index is 0.0699. The summed E-state index contributed by atoms with van der Waals surface area (Å²) < 4.78 is 5.04. The Bertz CT molecular complexity index is 487. The van der Waals surface area contributed by atoms with Gasteiger partial charge in [0.15, 0.2) is 0 Å². The maximum Gasteiger partial charge on any atom is 0.352 e. The van der Waals surface area contributed by atoms with Crippen LogP contribution in [0.5, 0.6) is 0 Å². The molecule has 22 heavy (non-hydrogen) atoms. The molecular formula is C18H26N2O2. The fourth-order valence-corrected chi connectivity index (χ4v) is 3.11. The summed E-state index contributed by atoms with van der Waals surface area (Å²) in [7, 11) is 0. The van der Waals surface area contributed by atoms with Crippen molar-refractivity contribution in [3.63, 3.8) is 0 Å². The Balaban J connectivity index is 2.12. The average Bonchev–Trinajstić information content (AvgIpc) is 2.51. The molecule has 2 N–H and O–H groups in total. The minimum atomic E-state index is -0.465. The van der Waals surface area contributed by atoms with Crippen molar-refractivity contribution in [2.75, 3.05) is 11.9 Å². The molecule has 1 aromatic rings. The number of hydrogen-bond donors (Lipinski definition) is 2. The van der Waals surface area contributed by atoms with Crippen LogP contribution in [-0.2, 0) is 9.53 Å². The number of rotatable bonds is 5. The van der Waals surface area contributed by atoms with Gasteiger partial charge in [0.05, 0.1) is 6.61 Å². The highest BCUT2D eigenvalue weighted by Gasteiger charge is 2.30. The van der Waals surface area contributed by atoms with E-state index in [-0.39, 0.29) is 17.7 Å². The van der Waals surface area contributed by atoms with E-state index in [9.17, 15) is 4.79 Å². The van der Waals surface area contributed by atoms with E-state index < -0.39 is 5.97 Å². The normalized spacial score (nSPS) is 22.2. The molecule has 2 atom stereocenters. The monoisotopic (exact) mass is 302 g/mol. The number of ether oxygens (including phenoxy) is 1. The summed E-state index contributed by atoms with van der Waals surface area (Å²) >= 11 is 0. The Morgan fingerprint density at radius 1 is 1.18 bits per heavy atom. The second-order valence-corrected chi connectivity index (χ2v) is 5.85. The fraction of sp³-hybridized carbons (Fsp3) is 0.556. The van der Waals surface area contributed by atoms with Crippen molar-refractivity contribution in [2.45, 2.75) is 51.5 Å². The van der Waals surface area contributed by atoms with Crippen molar-refractivity contribution in [1.82, 2.24) is 0 Å². The van der Waals surface area contributed by atoms with Gasteiger partial charge in [-0.2, -0.15) is 0 Å². The zero-order valence-corrected chi connectivity index (χ0v) is 13.3. The first-order valence-corrected chi connectivity index (χ1v) is 8.29. The van der Waals surface area contributed by atoms with Crippen LogP contribution >= 0.6 is 0 Å². The molecule has 0 radical (unpaired) electrons. The number of carbonyl (C=O) groups is 1. The molecule has 4 heteroatoms. The SMILES string of the molecule is CCOC(=O)C(=N)C1CCCCCCC1Nc1ccccc1. The van der Waals surface area contributed by atoms with Gasteiger partial charge >= 0.3 is 5.97 Å². The Morgan fingerprint density at radius 3 is 2.55 bits per heavy atom. The predicted octanol–water partition coefficient (Wildman–Crippen LogP) is 4.02. The van der Waals surface area contributed by atoms with Crippen molar-refractivity contribution in [2.24, 2.45) is 5.92 Å². The van der Waals surface area contributed by atoms with E-state index in [4.69, 9.17) is 10.1 Å². The quantitative estimate of drug-likeness (QED) is 0.638. The van der Waals surface area contributed by atoms with Gasteiger partial charge in [-0.3, -0.25) is 5.41 Å². The van der Waals surface area contributed by atoms with Crippen molar-refractivity contribution < 1.29 is 9.53 Å². The van der Waals surface area contributed by atoms with Crippen molar-refractivity contribution in [3.8, 4) is 0 Å². The predicted molar refractivity (Wildman–Crippen MR) is 89.4 cm³/mol. The van der Waals surface area contributed by atoms with E-state index in [1.165, 1.54) is 12.8 Å². The molecule has 2 unspecified atom stereocenters. The molecule has 1 saturated carbocycles. The second-order valence-electron chi connectivity index (χ2n) is 5.85. The van der Waals surface area contributed by atoms with Gasteiger partial charge in [-0.05, 0) is 31.9 Å². The molecule has 4 nitrogen and oxygen atoms in total. The molecule has 1 fully saturated rings. The maximum absolute atomic E-state index is 12.0. The molecule has 0 bridgehead atoms. The zero-order valence-electron chi connectivity index (χ0n) is 13.3. The van der Waals surface area contributed by atoms with Gasteiger partial charge in [-0.15, -0.1) is 0 Å². The molecule has 0 aliphatic heterocycles. The summed E-state index contributed by atoms with van der Waals surface area (Å²) in [5.74, 6) is -0.535. The second kappa shape index (κ2) is 8.57. The Hall–Kier alpha value is -1.84. The summed E-state index contributed by atoms with van der Waals surface area (Å²) in [6.07, 6.45) is 6.48. The Morgan fingerprint density at radius 2 is 1.86 bits per heavy atom. The van der Waals surface area contributed by atoms with Gasteiger partial charge in [0.25, 0.3) is 0 Å². The topological polar surface area (TPSA) is 62.2 Å². The first kappa shape index (κ1) is 16.5. The third kappa shape index (κ3) is 4.58. The lowest BCUT2D eigenvalue weighted by molar-refractivity contribution is -0.135. The van der Waals surface area contributed by atoms with Crippen LogP contribution in [0.15, 0.2) is 30.3 Å². The largest absolute Gasteiger partial charge is 0.462 e. The number of esters is 1. The summed E-state index contributed by atoms with van der Waals surface area (Å²) in [6.45, 7) is 2.10. The molecule has 1 aromatic carbocycles. The molecule has 0 amide bonds. The molecule has 0 spiro atoms. The summed E-state index contributed by atoms with van der Waals surface area (Å²) in [4.78, 5) is 12.0.